The van der Waals surface area contributed by atoms with Crippen molar-refractivity contribution in [1.29, 1.82) is 0 Å². The third-order valence-electron chi connectivity index (χ3n) is 5.74. The second kappa shape index (κ2) is 17.6. The van der Waals surface area contributed by atoms with Gasteiger partial charge in [-0.1, -0.05) is 122 Å². The zero-order valence-electron chi connectivity index (χ0n) is 19.7. The van der Waals surface area contributed by atoms with Crippen molar-refractivity contribution in [3.63, 3.8) is 0 Å². The summed E-state index contributed by atoms with van der Waals surface area (Å²) in [5.41, 5.74) is 1.02. The van der Waals surface area contributed by atoms with Gasteiger partial charge < -0.3 is 4.18 Å². The molecular formula is C26H46O3S. The minimum Gasteiger partial charge on any atom is -0.382 e. The first-order valence-electron chi connectivity index (χ1n) is 12.6. The lowest BCUT2D eigenvalue weighted by atomic mass is 10.0. The summed E-state index contributed by atoms with van der Waals surface area (Å²) in [4.78, 5) is 0. The van der Waals surface area contributed by atoms with Crippen LogP contribution >= 0.6 is 0 Å². The fourth-order valence-electron chi connectivity index (χ4n) is 3.83. The topological polar surface area (TPSA) is 43.4 Å². The monoisotopic (exact) mass is 438 g/mol. The normalized spacial score (nSPS) is 11.7. The number of unbranched alkanes of at least 4 members (excludes halogenated alkanes) is 14. The Morgan fingerprint density at radius 2 is 1.10 bits per heavy atom. The third kappa shape index (κ3) is 14.1. The number of para-hydroxylation sites is 1. The largest absolute Gasteiger partial charge is 0.382 e. The van der Waals surface area contributed by atoms with Gasteiger partial charge in [-0.25, -0.2) is 0 Å². The summed E-state index contributed by atoms with van der Waals surface area (Å²) in [6, 6.07) is 7.63. The molecule has 0 N–H and O–H groups in total. The molecule has 0 amide bonds. The molecule has 174 valence electrons. The Hall–Kier alpha value is -1.03. The van der Waals surface area contributed by atoms with Gasteiger partial charge in [-0.2, -0.15) is 8.42 Å². The highest BCUT2D eigenvalue weighted by molar-refractivity contribution is 7.87. The fraction of sp³-hybridized carbons (Fsp3) is 0.769. The SMILES string of the molecule is CCCCCCCCCCc1ccccc1OS(=O)(=O)CCCCCCCCCC. The second-order valence-corrected chi connectivity index (χ2v) is 10.3. The van der Waals surface area contributed by atoms with E-state index in [0.29, 0.717) is 12.2 Å². The molecule has 0 saturated heterocycles. The van der Waals surface area contributed by atoms with Crippen molar-refractivity contribution in [3.05, 3.63) is 29.8 Å². The highest BCUT2D eigenvalue weighted by atomic mass is 32.2. The first kappa shape index (κ1) is 27.0. The van der Waals surface area contributed by atoms with Crippen molar-refractivity contribution in [2.24, 2.45) is 0 Å². The lowest BCUT2D eigenvalue weighted by molar-refractivity contribution is 0.477. The van der Waals surface area contributed by atoms with E-state index in [2.05, 4.69) is 13.8 Å². The van der Waals surface area contributed by atoms with Crippen LogP contribution in [0.25, 0.3) is 0 Å². The van der Waals surface area contributed by atoms with Crippen LogP contribution in [-0.4, -0.2) is 14.2 Å². The number of aryl methyl sites for hydroxylation is 1. The van der Waals surface area contributed by atoms with Gasteiger partial charge in [0, 0.05) is 0 Å². The zero-order valence-corrected chi connectivity index (χ0v) is 20.5. The Morgan fingerprint density at radius 1 is 0.633 bits per heavy atom. The van der Waals surface area contributed by atoms with Crippen molar-refractivity contribution >= 4 is 10.1 Å². The molecule has 0 bridgehead atoms. The minimum absolute atomic E-state index is 0.119. The van der Waals surface area contributed by atoms with Gasteiger partial charge in [-0.3, -0.25) is 0 Å². The Bertz CT molecular complexity index is 625. The molecule has 1 rings (SSSR count). The predicted molar refractivity (Wildman–Crippen MR) is 130 cm³/mol. The molecule has 0 aliphatic rings. The first-order chi connectivity index (χ1) is 14.6. The van der Waals surface area contributed by atoms with E-state index < -0.39 is 10.1 Å². The van der Waals surface area contributed by atoms with Crippen molar-refractivity contribution in [2.75, 3.05) is 5.75 Å². The summed E-state index contributed by atoms with van der Waals surface area (Å²) in [6.45, 7) is 4.47. The number of benzene rings is 1. The Morgan fingerprint density at radius 3 is 1.67 bits per heavy atom. The van der Waals surface area contributed by atoms with Crippen molar-refractivity contribution in [3.8, 4) is 5.75 Å². The minimum atomic E-state index is -3.51. The van der Waals surface area contributed by atoms with Crippen molar-refractivity contribution in [2.45, 2.75) is 123 Å². The van der Waals surface area contributed by atoms with E-state index in [1.54, 1.807) is 6.07 Å². The number of hydrogen-bond acceptors (Lipinski definition) is 3. The molecule has 0 unspecified atom stereocenters. The second-order valence-electron chi connectivity index (χ2n) is 8.65. The van der Waals surface area contributed by atoms with Gasteiger partial charge in [0.05, 0.1) is 5.75 Å². The van der Waals surface area contributed by atoms with Gasteiger partial charge in [0.2, 0.25) is 0 Å². The Kier molecular flexibility index (Phi) is 15.9. The summed E-state index contributed by atoms with van der Waals surface area (Å²) < 4.78 is 30.3. The summed E-state index contributed by atoms with van der Waals surface area (Å²) in [5.74, 6) is 0.647. The molecule has 3 nitrogen and oxygen atoms in total. The molecule has 1 aromatic rings. The summed E-state index contributed by atoms with van der Waals surface area (Å²) in [5, 5.41) is 0. The smallest absolute Gasteiger partial charge is 0.309 e. The number of hydrogen-bond donors (Lipinski definition) is 0. The summed E-state index contributed by atoms with van der Waals surface area (Å²) >= 11 is 0. The molecule has 0 aliphatic carbocycles. The molecule has 0 fully saturated rings. The number of rotatable bonds is 20. The van der Waals surface area contributed by atoms with Crippen molar-refractivity contribution < 1.29 is 12.6 Å². The molecule has 1 aromatic carbocycles. The molecule has 0 atom stereocenters. The van der Waals surface area contributed by atoms with Crippen LogP contribution in [0, 0.1) is 0 Å². The van der Waals surface area contributed by atoms with Gasteiger partial charge in [0.15, 0.2) is 0 Å². The van der Waals surface area contributed by atoms with E-state index in [0.717, 1.165) is 31.2 Å². The van der Waals surface area contributed by atoms with E-state index in [1.807, 2.05) is 18.2 Å². The third-order valence-corrected chi connectivity index (χ3v) is 6.96. The molecule has 0 heterocycles. The van der Waals surface area contributed by atoms with Crippen LogP contribution in [0.15, 0.2) is 24.3 Å². The van der Waals surface area contributed by atoms with Gasteiger partial charge in [-0.15, -0.1) is 0 Å². The molecule has 0 aromatic heterocycles. The summed E-state index contributed by atoms with van der Waals surface area (Å²) in [7, 11) is -3.51. The molecule has 0 radical (unpaired) electrons. The van der Waals surface area contributed by atoms with Gasteiger partial charge in [0.25, 0.3) is 0 Å². The highest BCUT2D eigenvalue weighted by Crippen LogP contribution is 2.23. The summed E-state index contributed by atoms with van der Waals surface area (Å²) in [6.07, 6.45) is 20.2. The average Bonchev–Trinajstić information content (AvgIpc) is 2.73. The standard InChI is InChI=1S/C26H46O3S/c1-3-5-7-9-11-13-15-17-21-25-22-18-19-23-26(25)29-30(27,28)24-20-16-14-12-10-8-6-4-2/h18-19,22-23H,3-17,20-21,24H2,1-2H3. The van der Waals surface area contributed by atoms with Gasteiger partial charge in [0.1, 0.15) is 5.75 Å². The molecular weight excluding hydrogens is 392 g/mol. The van der Waals surface area contributed by atoms with E-state index in [4.69, 9.17) is 4.18 Å². The maximum atomic E-state index is 12.4. The van der Waals surface area contributed by atoms with Gasteiger partial charge >= 0.3 is 10.1 Å². The van der Waals surface area contributed by atoms with Crippen LogP contribution in [-0.2, 0) is 16.5 Å². The van der Waals surface area contributed by atoms with Crippen LogP contribution in [0.1, 0.15) is 122 Å². The fourth-order valence-corrected chi connectivity index (χ4v) is 4.91. The molecule has 4 heteroatoms. The Balaban J connectivity index is 2.28. The Labute approximate surface area is 187 Å². The average molecular weight is 439 g/mol. The van der Waals surface area contributed by atoms with E-state index in [9.17, 15) is 8.42 Å². The van der Waals surface area contributed by atoms with Gasteiger partial charge in [-0.05, 0) is 30.9 Å². The molecule has 0 saturated carbocycles. The zero-order chi connectivity index (χ0) is 21.9. The van der Waals surface area contributed by atoms with Crippen molar-refractivity contribution in [1.82, 2.24) is 0 Å². The lowest BCUT2D eigenvalue weighted by Gasteiger charge is -2.11. The van der Waals surface area contributed by atoms with Crippen LogP contribution in [0.2, 0.25) is 0 Å². The van der Waals surface area contributed by atoms with E-state index in [1.165, 1.54) is 77.0 Å². The van der Waals surface area contributed by atoms with E-state index in [-0.39, 0.29) is 5.75 Å². The van der Waals surface area contributed by atoms with Crippen LogP contribution in [0.4, 0.5) is 0 Å². The lowest BCUT2D eigenvalue weighted by Crippen LogP contribution is -2.14. The molecule has 0 spiro atoms. The predicted octanol–water partition coefficient (Wildman–Crippen LogP) is 8.22. The van der Waals surface area contributed by atoms with Crippen LogP contribution in [0.3, 0.4) is 0 Å². The highest BCUT2D eigenvalue weighted by Gasteiger charge is 2.15. The van der Waals surface area contributed by atoms with Crippen LogP contribution < -0.4 is 4.18 Å². The molecule has 30 heavy (non-hydrogen) atoms. The maximum Gasteiger partial charge on any atom is 0.309 e. The van der Waals surface area contributed by atoms with Crippen LogP contribution in [0.5, 0.6) is 5.75 Å². The maximum absolute atomic E-state index is 12.4. The van der Waals surface area contributed by atoms with E-state index >= 15 is 0 Å². The first-order valence-corrected chi connectivity index (χ1v) is 14.2. The molecule has 0 aliphatic heterocycles. The quantitative estimate of drug-likeness (QED) is 0.152.